The summed E-state index contributed by atoms with van der Waals surface area (Å²) in [6, 6.07) is 5.76. The van der Waals surface area contributed by atoms with E-state index >= 15 is 0 Å². The fraction of sp³-hybridized carbons (Fsp3) is 0.458. The van der Waals surface area contributed by atoms with Gasteiger partial charge in [0.15, 0.2) is 0 Å². The van der Waals surface area contributed by atoms with Gasteiger partial charge in [0.2, 0.25) is 5.91 Å². The molecular weight excluding hydrogens is 390 g/mol. The van der Waals surface area contributed by atoms with Gasteiger partial charge in [-0.2, -0.15) is 0 Å². The van der Waals surface area contributed by atoms with Gasteiger partial charge >= 0.3 is 0 Å². The number of carbonyl (C=O) groups excluding carboxylic acids is 1. The molecular formula is C24H33N5O2. The summed E-state index contributed by atoms with van der Waals surface area (Å²) in [6.07, 6.45) is 13.7. The molecule has 0 bridgehead atoms. The van der Waals surface area contributed by atoms with Crippen molar-refractivity contribution in [3.8, 4) is 11.1 Å². The first-order chi connectivity index (χ1) is 15.0. The van der Waals surface area contributed by atoms with E-state index in [1.54, 1.807) is 24.7 Å². The van der Waals surface area contributed by atoms with Crippen LogP contribution < -0.4 is 10.9 Å². The summed E-state index contributed by atoms with van der Waals surface area (Å²) in [5.41, 5.74) is 2.63. The summed E-state index contributed by atoms with van der Waals surface area (Å²) in [5, 5.41) is 3.23. The Bertz CT molecular complexity index is 913. The van der Waals surface area contributed by atoms with E-state index in [1.807, 2.05) is 48.2 Å². The zero-order chi connectivity index (χ0) is 22.1. The highest BCUT2D eigenvalue weighted by Crippen LogP contribution is 2.29. The Hall–Kier alpha value is -2.93. The lowest BCUT2D eigenvalue weighted by Crippen LogP contribution is -2.25. The highest BCUT2D eigenvalue weighted by Gasteiger charge is 2.21. The molecule has 1 amide bonds. The van der Waals surface area contributed by atoms with Crippen LogP contribution in [0.25, 0.3) is 11.1 Å². The molecule has 4 rings (SSSR count). The molecule has 2 N–H and O–H groups in total. The smallest absolute Gasteiger partial charge is 0.271 e. The van der Waals surface area contributed by atoms with Gasteiger partial charge in [-0.05, 0) is 69.5 Å². The van der Waals surface area contributed by atoms with Crippen LogP contribution in [0.2, 0.25) is 0 Å². The molecule has 7 heteroatoms. The maximum absolute atomic E-state index is 11.7. The summed E-state index contributed by atoms with van der Waals surface area (Å²) < 4.78 is 0. The molecule has 31 heavy (non-hydrogen) atoms. The minimum atomic E-state index is -0.0616. The quantitative estimate of drug-likeness (QED) is 0.669. The minimum Gasteiger partial charge on any atom is -0.380 e. The standard InChI is InChI=1S/C14H15N3O.C10H18N2O/c18-14-13(16-8-10-1-2-10)7-12(9-17-14)11-3-5-15-6-4-11;1-11(2)7-5-6-10(13)12-8-3-4-9-12/h3-7,9-10,16H,1-2,8H2,(H,17,18);5-6H,3-4,7-9H2,1-2H3/b;6-5+. The fourth-order valence-electron chi connectivity index (χ4n) is 3.31. The van der Waals surface area contributed by atoms with Crippen molar-refractivity contribution in [1.29, 1.82) is 0 Å². The first-order valence-corrected chi connectivity index (χ1v) is 11.0. The topological polar surface area (TPSA) is 81.3 Å². The summed E-state index contributed by atoms with van der Waals surface area (Å²) in [6.45, 7) is 3.60. The molecule has 1 saturated heterocycles. The van der Waals surface area contributed by atoms with E-state index in [1.165, 1.54) is 12.8 Å². The summed E-state index contributed by atoms with van der Waals surface area (Å²) in [7, 11) is 3.98. The lowest BCUT2D eigenvalue weighted by Gasteiger charge is -2.12. The van der Waals surface area contributed by atoms with Gasteiger partial charge in [0.05, 0.1) is 0 Å². The molecule has 2 aromatic rings. The number of carbonyl (C=O) groups is 1. The van der Waals surface area contributed by atoms with Crippen molar-refractivity contribution in [3.05, 3.63) is 59.3 Å². The van der Waals surface area contributed by atoms with E-state index in [0.29, 0.717) is 5.69 Å². The molecule has 0 spiro atoms. The van der Waals surface area contributed by atoms with Gasteiger partial charge in [0, 0.05) is 56.4 Å². The van der Waals surface area contributed by atoms with Crippen molar-refractivity contribution < 1.29 is 4.79 Å². The van der Waals surface area contributed by atoms with Crippen molar-refractivity contribution in [3.63, 3.8) is 0 Å². The molecule has 0 atom stereocenters. The molecule has 7 nitrogen and oxygen atoms in total. The fourth-order valence-corrected chi connectivity index (χ4v) is 3.31. The Balaban J connectivity index is 0.000000187. The van der Waals surface area contributed by atoms with Crippen molar-refractivity contribution in [2.45, 2.75) is 25.7 Å². The van der Waals surface area contributed by atoms with Gasteiger partial charge in [0.25, 0.3) is 5.56 Å². The van der Waals surface area contributed by atoms with Crippen LogP contribution in [0.15, 0.2) is 53.7 Å². The molecule has 1 saturated carbocycles. The number of pyridine rings is 2. The van der Waals surface area contributed by atoms with Crippen molar-refractivity contribution in [2.75, 3.05) is 45.6 Å². The lowest BCUT2D eigenvalue weighted by atomic mass is 10.1. The minimum absolute atomic E-state index is 0.0616. The maximum Gasteiger partial charge on any atom is 0.271 e. The third-order valence-electron chi connectivity index (χ3n) is 5.34. The molecule has 2 aliphatic rings. The van der Waals surface area contributed by atoms with Gasteiger partial charge in [-0.3, -0.25) is 14.6 Å². The highest BCUT2D eigenvalue weighted by atomic mass is 16.2. The number of hydrogen-bond acceptors (Lipinski definition) is 5. The summed E-state index contributed by atoms with van der Waals surface area (Å²) in [5.74, 6) is 0.910. The number of likely N-dealkylation sites (tertiary alicyclic amines) is 1. The van der Waals surface area contributed by atoms with Crippen LogP contribution in [0.1, 0.15) is 25.7 Å². The Morgan fingerprint density at radius 3 is 2.58 bits per heavy atom. The van der Waals surface area contributed by atoms with Gasteiger partial charge in [-0.15, -0.1) is 0 Å². The number of nitrogens with zero attached hydrogens (tertiary/aromatic N) is 3. The average Bonchev–Trinajstić information content (AvgIpc) is 3.44. The molecule has 3 heterocycles. The predicted octanol–water partition coefficient (Wildman–Crippen LogP) is 2.99. The highest BCUT2D eigenvalue weighted by molar-refractivity contribution is 5.87. The molecule has 2 fully saturated rings. The summed E-state index contributed by atoms with van der Waals surface area (Å²) >= 11 is 0. The molecule has 166 valence electrons. The molecule has 0 aromatic carbocycles. The van der Waals surface area contributed by atoms with Gasteiger partial charge in [-0.1, -0.05) is 6.08 Å². The Labute approximate surface area is 184 Å². The second-order valence-electron chi connectivity index (χ2n) is 8.39. The maximum atomic E-state index is 11.7. The monoisotopic (exact) mass is 423 g/mol. The number of hydrogen-bond donors (Lipinski definition) is 2. The van der Waals surface area contributed by atoms with Gasteiger partial charge in [0.1, 0.15) is 5.69 Å². The van der Waals surface area contributed by atoms with Crippen LogP contribution in [-0.4, -0.2) is 65.9 Å². The number of H-pyrrole nitrogens is 1. The van der Waals surface area contributed by atoms with Crippen LogP contribution in [0.3, 0.4) is 0 Å². The normalized spacial score (nSPS) is 15.8. The molecule has 0 unspecified atom stereocenters. The number of aromatic amines is 1. The van der Waals surface area contributed by atoms with Gasteiger partial charge < -0.3 is 20.1 Å². The van der Waals surface area contributed by atoms with Crippen molar-refractivity contribution >= 4 is 11.6 Å². The number of amides is 1. The van der Waals surface area contributed by atoms with Crippen molar-refractivity contribution in [2.24, 2.45) is 5.92 Å². The zero-order valence-electron chi connectivity index (χ0n) is 18.5. The molecule has 0 radical (unpaired) electrons. The largest absolute Gasteiger partial charge is 0.380 e. The first kappa shape index (κ1) is 22.7. The zero-order valence-corrected chi connectivity index (χ0v) is 18.5. The second-order valence-corrected chi connectivity index (χ2v) is 8.39. The average molecular weight is 424 g/mol. The lowest BCUT2D eigenvalue weighted by molar-refractivity contribution is -0.125. The number of likely N-dealkylation sites (N-methyl/N-ethyl adjacent to an activating group) is 1. The predicted molar refractivity (Wildman–Crippen MR) is 125 cm³/mol. The van der Waals surface area contributed by atoms with Gasteiger partial charge in [-0.25, -0.2) is 0 Å². The second kappa shape index (κ2) is 11.5. The van der Waals surface area contributed by atoms with E-state index < -0.39 is 0 Å². The van der Waals surface area contributed by atoms with Crippen LogP contribution in [-0.2, 0) is 4.79 Å². The summed E-state index contributed by atoms with van der Waals surface area (Å²) in [4.78, 5) is 33.9. The number of nitrogens with one attached hydrogen (secondary N) is 2. The Morgan fingerprint density at radius 1 is 1.23 bits per heavy atom. The van der Waals surface area contributed by atoms with E-state index in [2.05, 4.69) is 15.3 Å². The molecule has 1 aliphatic heterocycles. The van der Waals surface area contributed by atoms with Crippen LogP contribution in [0, 0.1) is 5.92 Å². The molecule has 1 aliphatic carbocycles. The third-order valence-corrected chi connectivity index (χ3v) is 5.34. The number of rotatable bonds is 7. The number of anilines is 1. The van der Waals surface area contributed by atoms with E-state index in [9.17, 15) is 9.59 Å². The van der Waals surface area contributed by atoms with Crippen molar-refractivity contribution in [1.82, 2.24) is 19.8 Å². The first-order valence-electron chi connectivity index (χ1n) is 11.0. The SMILES string of the molecule is CN(C)C/C=C/C(=O)N1CCCC1.O=c1[nH]cc(-c2ccncc2)cc1NCC1CC1. The van der Waals surface area contributed by atoms with Crippen LogP contribution in [0.4, 0.5) is 5.69 Å². The van der Waals surface area contributed by atoms with Crippen LogP contribution in [0.5, 0.6) is 0 Å². The van der Waals surface area contributed by atoms with Crippen LogP contribution >= 0.6 is 0 Å². The molecule has 2 aromatic heterocycles. The van der Waals surface area contributed by atoms with E-state index in [4.69, 9.17) is 0 Å². The number of aromatic nitrogens is 2. The third kappa shape index (κ3) is 7.68. The Kier molecular flexibility index (Phi) is 8.41. The van der Waals surface area contributed by atoms with E-state index in [-0.39, 0.29) is 11.5 Å². The van der Waals surface area contributed by atoms with E-state index in [0.717, 1.165) is 56.1 Å². The Morgan fingerprint density at radius 2 is 1.94 bits per heavy atom.